The van der Waals surface area contributed by atoms with Gasteiger partial charge in [-0.2, -0.15) is 13.2 Å². The van der Waals surface area contributed by atoms with Crippen LogP contribution in [0.4, 0.5) is 23.2 Å². The van der Waals surface area contributed by atoms with E-state index in [0.717, 1.165) is 18.3 Å². The molecule has 128 valence electrons. The number of aromatic nitrogens is 1. The standard InChI is InChI=1S/C17H10F4N2O2/c18-14-7-2-1-6-12(14)15-13(9-22-25-15)16(24)23-11-5-3-4-10(8-11)17(19,20)21/h1-9H,(H,23,24). The molecule has 0 unspecified atom stereocenters. The van der Waals surface area contributed by atoms with Crippen LogP contribution < -0.4 is 5.32 Å². The molecule has 0 fully saturated rings. The molecule has 3 aromatic rings. The Morgan fingerprint density at radius 1 is 1.08 bits per heavy atom. The van der Waals surface area contributed by atoms with Crippen LogP contribution in [0.1, 0.15) is 15.9 Å². The number of hydrogen-bond donors (Lipinski definition) is 1. The van der Waals surface area contributed by atoms with Gasteiger partial charge in [0.2, 0.25) is 0 Å². The van der Waals surface area contributed by atoms with Crippen molar-refractivity contribution in [2.75, 3.05) is 5.32 Å². The van der Waals surface area contributed by atoms with Crippen LogP contribution in [0, 0.1) is 5.82 Å². The van der Waals surface area contributed by atoms with Gasteiger partial charge in [0.1, 0.15) is 11.4 Å². The monoisotopic (exact) mass is 350 g/mol. The summed E-state index contributed by atoms with van der Waals surface area (Å²) in [7, 11) is 0. The smallest absolute Gasteiger partial charge is 0.355 e. The molecular formula is C17H10F4N2O2. The SMILES string of the molecule is O=C(Nc1cccc(C(F)(F)F)c1)c1cnoc1-c1ccccc1F. The van der Waals surface area contributed by atoms with Gasteiger partial charge in [-0.15, -0.1) is 0 Å². The Morgan fingerprint density at radius 3 is 2.56 bits per heavy atom. The van der Waals surface area contributed by atoms with Crippen molar-refractivity contribution < 1.29 is 26.9 Å². The molecule has 0 bridgehead atoms. The zero-order valence-corrected chi connectivity index (χ0v) is 12.5. The summed E-state index contributed by atoms with van der Waals surface area (Å²) < 4.78 is 57.0. The zero-order valence-electron chi connectivity index (χ0n) is 12.5. The Bertz CT molecular complexity index is 919. The van der Waals surface area contributed by atoms with Gasteiger partial charge in [-0.25, -0.2) is 4.39 Å². The highest BCUT2D eigenvalue weighted by Gasteiger charge is 2.30. The largest absolute Gasteiger partial charge is 0.416 e. The van der Waals surface area contributed by atoms with Crippen LogP contribution in [0.5, 0.6) is 0 Å². The lowest BCUT2D eigenvalue weighted by molar-refractivity contribution is -0.137. The number of rotatable bonds is 3. The third-order valence-corrected chi connectivity index (χ3v) is 3.38. The molecule has 3 rings (SSSR count). The molecule has 1 amide bonds. The molecule has 1 heterocycles. The number of carbonyl (C=O) groups is 1. The van der Waals surface area contributed by atoms with E-state index < -0.39 is 23.5 Å². The summed E-state index contributed by atoms with van der Waals surface area (Å²) in [5, 5.41) is 5.80. The Labute approximate surface area is 139 Å². The normalized spacial score (nSPS) is 11.4. The van der Waals surface area contributed by atoms with Gasteiger partial charge in [0.15, 0.2) is 5.76 Å². The molecule has 0 aliphatic carbocycles. The third-order valence-electron chi connectivity index (χ3n) is 3.38. The van der Waals surface area contributed by atoms with E-state index in [1.807, 2.05) is 0 Å². The third kappa shape index (κ3) is 3.52. The van der Waals surface area contributed by atoms with Crippen LogP contribution in [0.3, 0.4) is 0 Å². The fourth-order valence-electron chi connectivity index (χ4n) is 2.21. The molecule has 0 aliphatic rings. The van der Waals surface area contributed by atoms with Crippen molar-refractivity contribution in [2.24, 2.45) is 0 Å². The topological polar surface area (TPSA) is 55.1 Å². The summed E-state index contributed by atoms with van der Waals surface area (Å²) in [6.07, 6.45) is -3.46. The molecule has 0 radical (unpaired) electrons. The molecule has 8 heteroatoms. The van der Waals surface area contributed by atoms with Crippen molar-refractivity contribution in [1.29, 1.82) is 0 Å². The molecule has 1 N–H and O–H groups in total. The fourth-order valence-corrected chi connectivity index (χ4v) is 2.21. The lowest BCUT2D eigenvalue weighted by atomic mass is 10.1. The molecule has 2 aromatic carbocycles. The summed E-state index contributed by atoms with van der Waals surface area (Å²) in [6, 6.07) is 9.78. The second-order valence-corrected chi connectivity index (χ2v) is 5.08. The molecule has 0 saturated heterocycles. The Kier molecular flexibility index (Phi) is 4.26. The van der Waals surface area contributed by atoms with Crippen molar-refractivity contribution in [2.45, 2.75) is 6.18 Å². The van der Waals surface area contributed by atoms with Gasteiger partial charge < -0.3 is 9.84 Å². The van der Waals surface area contributed by atoms with Crippen LogP contribution in [0.2, 0.25) is 0 Å². The first-order chi connectivity index (χ1) is 11.9. The Balaban J connectivity index is 1.89. The number of amides is 1. The number of benzene rings is 2. The van der Waals surface area contributed by atoms with E-state index in [-0.39, 0.29) is 22.6 Å². The van der Waals surface area contributed by atoms with Crippen LogP contribution in [0.25, 0.3) is 11.3 Å². The van der Waals surface area contributed by atoms with Gasteiger partial charge in [0, 0.05) is 5.69 Å². The number of nitrogens with one attached hydrogen (secondary N) is 1. The van der Waals surface area contributed by atoms with Crippen molar-refractivity contribution >= 4 is 11.6 Å². The van der Waals surface area contributed by atoms with E-state index in [2.05, 4.69) is 10.5 Å². The van der Waals surface area contributed by atoms with E-state index in [9.17, 15) is 22.4 Å². The lowest BCUT2D eigenvalue weighted by Gasteiger charge is -2.09. The number of anilines is 1. The van der Waals surface area contributed by atoms with Crippen LogP contribution in [-0.2, 0) is 6.18 Å². The molecular weight excluding hydrogens is 340 g/mol. The first kappa shape index (κ1) is 16.7. The highest BCUT2D eigenvalue weighted by Crippen LogP contribution is 2.31. The summed E-state index contributed by atoms with van der Waals surface area (Å²) >= 11 is 0. The number of hydrogen-bond acceptors (Lipinski definition) is 3. The summed E-state index contributed by atoms with van der Waals surface area (Å²) in [5.41, 5.74) is -1.03. The van der Waals surface area contributed by atoms with Crippen molar-refractivity contribution in [3.8, 4) is 11.3 Å². The number of alkyl halides is 3. The van der Waals surface area contributed by atoms with Gasteiger partial charge in [-0.1, -0.05) is 23.4 Å². The van der Waals surface area contributed by atoms with Gasteiger partial charge in [-0.3, -0.25) is 4.79 Å². The van der Waals surface area contributed by atoms with Crippen molar-refractivity contribution in [3.63, 3.8) is 0 Å². The minimum atomic E-state index is -4.53. The Hall–Kier alpha value is -3.16. The number of carbonyl (C=O) groups excluding carboxylic acids is 1. The molecule has 25 heavy (non-hydrogen) atoms. The lowest BCUT2D eigenvalue weighted by Crippen LogP contribution is -2.13. The van der Waals surface area contributed by atoms with Crippen LogP contribution in [0.15, 0.2) is 59.3 Å². The van der Waals surface area contributed by atoms with Crippen LogP contribution >= 0.6 is 0 Å². The average molecular weight is 350 g/mol. The minimum Gasteiger partial charge on any atom is -0.355 e. The van der Waals surface area contributed by atoms with E-state index in [0.29, 0.717) is 0 Å². The molecule has 4 nitrogen and oxygen atoms in total. The van der Waals surface area contributed by atoms with Crippen molar-refractivity contribution in [1.82, 2.24) is 5.16 Å². The Morgan fingerprint density at radius 2 is 1.84 bits per heavy atom. The number of nitrogens with zero attached hydrogens (tertiary/aromatic N) is 1. The van der Waals surface area contributed by atoms with E-state index in [1.54, 1.807) is 6.07 Å². The van der Waals surface area contributed by atoms with Crippen molar-refractivity contribution in [3.05, 3.63) is 71.7 Å². The predicted octanol–water partition coefficient (Wildman–Crippen LogP) is 4.75. The highest BCUT2D eigenvalue weighted by molar-refractivity contribution is 6.07. The molecule has 0 aliphatic heterocycles. The van der Waals surface area contributed by atoms with E-state index >= 15 is 0 Å². The molecule has 1 aromatic heterocycles. The second-order valence-electron chi connectivity index (χ2n) is 5.08. The second kappa shape index (κ2) is 6.39. The highest BCUT2D eigenvalue weighted by atomic mass is 19.4. The van der Waals surface area contributed by atoms with E-state index in [4.69, 9.17) is 4.52 Å². The average Bonchev–Trinajstić information content (AvgIpc) is 3.04. The van der Waals surface area contributed by atoms with Crippen LogP contribution in [-0.4, -0.2) is 11.1 Å². The first-order valence-corrected chi connectivity index (χ1v) is 7.04. The molecule has 0 atom stereocenters. The maximum Gasteiger partial charge on any atom is 0.416 e. The van der Waals surface area contributed by atoms with E-state index in [1.165, 1.54) is 30.3 Å². The summed E-state index contributed by atoms with van der Waals surface area (Å²) in [5.74, 6) is -1.49. The fraction of sp³-hybridized carbons (Fsp3) is 0.0588. The minimum absolute atomic E-state index is 0.0224. The molecule has 0 spiro atoms. The zero-order chi connectivity index (χ0) is 18.0. The number of halogens is 4. The summed E-state index contributed by atoms with van der Waals surface area (Å²) in [4.78, 5) is 12.3. The predicted molar refractivity (Wildman–Crippen MR) is 81.3 cm³/mol. The van der Waals surface area contributed by atoms with Gasteiger partial charge in [0.25, 0.3) is 5.91 Å². The van der Waals surface area contributed by atoms with Gasteiger partial charge >= 0.3 is 6.18 Å². The maximum atomic E-state index is 13.9. The quantitative estimate of drug-likeness (QED) is 0.694. The van der Waals surface area contributed by atoms with Gasteiger partial charge in [-0.05, 0) is 30.3 Å². The van der Waals surface area contributed by atoms with Gasteiger partial charge in [0.05, 0.1) is 17.3 Å². The maximum absolute atomic E-state index is 13.9. The first-order valence-electron chi connectivity index (χ1n) is 7.04. The molecule has 0 saturated carbocycles. The summed E-state index contributed by atoms with van der Waals surface area (Å²) in [6.45, 7) is 0.